The Bertz CT molecular complexity index is 690. The minimum atomic E-state index is 0.0207. The van der Waals surface area contributed by atoms with Crippen LogP contribution in [0.2, 0.25) is 10.0 Å². The Balaban J connectivity index is 1.60. The lowest BCUT2D eigenvalue weighted by Crippen LogP contribution is -2.29. The third-order valence-corrected chi connectivity index (χ3v) is 4.34. The van der Waals surface area contributed by atoms with Crippen molar-refractivity contribution < 1.29 is 9.53 Å². The number of carbonyl (C=O) groups excluding carboxylic acids is 1. The number of amides is 1. The lowest BCUT2D eigenvalue weighted by Gasteiger charge is -2.08. The quantitative estimate of drug-likeness (QED) is 0.649. The van der Waals surface area contributed by atoms with Crippen LogP contribution in [-0.4, -0.2) is 26.1 Å². The van der Waals surface area contributed by atoms with Gasteiger partial charge in [0.05, 0.1) is 7.11 Å². The van der Waals surface area contributed by atoms with Gasteiger partial charge in [-0.25, -0.2) is 0 Å². The topological polar surface area (TPSA) is 50.4 Å². The number of rotatable bonds is 9. The molecule has 2 N–H and O–H groups in total. The first-order valence-corrected chi connectivity index (χ1v) is 8.88. The molecule has 6 heteroatoms. The summed E-state index contributed by atoms with van der Waals surface area (Å²) in [6.07, 6.45) is 1.12. The van der Waals surface area contributed by atoms with E-state index in [1.807, 2.05) is 30.3 Å². The second-order valence-electron chi connectivity index (χ2n) is 5.61. The highest BCUT2D eigenvalue weighted by Gasteiger charge is 2.04. The van der Waals surface area contributed by atoms with Gasteiger partial charge < -0.3 is 15.4 Å². The first kappa shape index (κ1) is 19.6. The van der Waals surface area contributed by atoms with Crippen molar-refractivity contribution >= 4 is 29.1 Å². The molecule has 0 saturated carbocycles. The first-order chi connectivity index (χ1) is 12.1. The summed E-state index contributed by atoms with van der Waals surface area (Å²) >= 11 is 12.0. The molecule has 0 aromatic heterocycles. The predicted octanol–water partition coefficient (Wildman–Crippen LogP) is 3.84. The van der Waals surface area contributed by atoms with Gasteiger partial charge in [-0.15, -0.1) is 0 Å². The van der Waals surface area contributed by atoms with Gasteiger partial charge in [-0.2, -0.15) is 0 Å². The Morgan fingerprint density at radius 3 is 2.52 bits per heavy atom. The second-order valence-corrected chi connectivity index (χ2v) is 6.45. The number of methoxy groups -OCH3 is 1. The first-order valence-electron chi connectivity index (χ1n) is 8.13. The van der Waals surface area contributed by atoms with Gasteiger partial charge in [-0.1, -0.05) is 41.4 Å². The third-order valence-electron chi connectivity index (χ3n) is 3.75. The molecule has 0 aliphatic heterocycles. The highest BCUT2D eigenvalue weighted by molar-refractivity contribution is 6.35. The lowest BCUT2D eigenvalue weighted by atomic mass is 10.1. The van der Waals surface area contributed by atoms with E-state index in [4.69, 9.17) is 27.9 Å². The number of carbonyl (C=O) groups is 1. The summed E-state index contributed by atoms with van der Waals surface area (Å²) in [5, 5.41) is 7.40. The van der Waals surface area contributed by atoms with Crippen molar-refractivity contribution in [2.45, 2.75) is 19.4 Å². The van der Waals surface area contributed by atoms with Crippen LogP contribution in [0.4, 0.5) is 0 Å². The smallest absolute Gasteiger partial charge is 0.221 e. The highest BCUT2D eigenvalue weighted by atomic mass is 35.5. The number of nitrogens with one attached hydrogen (secondary N) is 2. The fourth-order valence-electron chi connectivity index (χ4n) is 2.33. The Kier molecular flexibility index (Phi) is 8.06. The van der Waals surface area contributed by atoms with E-state index in [-0.39, 0.29) is 5.91 Å². The van der Waals surface area contributed by atoms with Crippen molar-refractivity contribution in [1.29, 1.82) is 0 Å². The Hall–Kier alpha value is -1.75. The fourth-order valence-corrected chi connectivity index (χ4v) is 2.83. The Labute approximate surface area is 158 Å². The number of hydrogen-bond donors (Lipinski definition) is 2. The van der Waals surface area contributed by atoms with Gasteiger partial charge in [0.25, 0.3) is 0 Å². The van der Waals surface area contributed by atoms with Crippen LogP contribution in [-0.2, 0) is 17.8 Å². The normalized spacial score (nSPS) is 10.5. The molecule has 0 spiro atoms. The molecule has 0 fully saturated rings. The molecule has 2 aromatic carbocycles. The molecule has 0 atom stereocenters. The van der Waals surface area contributed by atoms with Gasteiger partial charge in [0.1, 0.15) is 5.75 Å². The molecule has 25 heavy (non-hydrogen) atoms. The van der Waals surface area contributed by atoms with Crippen molar-refractivity contribution in [3.05, 3.63) is 63.6 Å². The fraction of sp³-hybridized carbons (Fsp3) is 0.316. The van der Waals surface area contributed by atoms with E-state index in [0.717, 1.165) is 23.4 Å². The third kappa shape index (κ3) is 6.94. The molecule has 0 bridgehead atoms. The Morgan fingerprint density at radius 1 is 1.08 bits per heavy atom. The van der Waals surface area contributed by atoms with Gasteiger partial charge in [0, 0.05) is 36.1 Å². The molecule has 0 saturated heterocycles. The van der Waals surface area contributed by atoms with Crippen LogP contribution in [0, 0.1) is 0 Å². The van der Waals surface area contributed by atoms with Gasteiger partial charge in [-0.05, 0) is 41.8 Å². The summed E-state index contributed by atoms with van der Waals surface area (Å²) in [5.74, 6) is 0.858. The summed E-state index contributed by atoms with van der Waals surface area (Å²) < 4.78 is 5.12. The largest absolute Gasteiger partial charge is 0.497 e. The van der Waals surface area contributed by atoms with Crippen molar-refractivity contribution in [3.63, 3.8) is 0 Å². The molecule has 0 unspecified atom stereocenters. The molecule has 0 aliphatic carbocycles. The summed E-state index contributed by atoms with van der Waals surface area (Å²) in [7, 11) is 1.65. The van der Waals surface area contributed by atoms with Crippen molar-refractivity contribution in [1.82, 2.24) is 10.6 Å². The zero-order valence-electron chi connectivity index (χ0n) is 14.1. The van der Waals surface area contributed by atoms with Gasteiger partial charge >= 0.3 is 0 Å². The van der Waals surface area contributed by atoms with Crippen molar-refractivity contribution in [2.24, 2.45) is 0 Å². The molecule has 134 valence electrons. The van der Waals surface area contributed by atoms with E-state index in [0.29, 0.717) is 36.0 Å². The molecule has 0 radical (unpaired) electrons. The Morgan fingerprint density at radius 2 is 1.84 bits per heavy atom. The van der Waals surface area contributed by atoms with Crippen LogP contribution < -0.4 is 15.4 Å². The van der Waals surface area contributed by atoms with Crippen LogP contribution >= 0.6 is 23.2 Å². The minimum Gasteiger partial charge on any atom is -0.497 e. The number of benzene rings is 2. The van der Waals surface area contributed by atoms with Crippen LogP contribution in [0.5, 0.6) is 5.75 Å². The van der Waals surface area contributed by atoms with Gasteiger partial charge in [0.2, 0.25) is 5.91 Å². The maximum absolute atomic E-state index is 11.8. The summed E-state index contributed by atoms with van der Waals surface area (Å²) in [6.45, 7) is 1.90. The number of halogens is 2. The molecule has 1 amide bonds. The predicted molar refractivity (Wildman–Crippen MR) is 102 cm³/mol. The van der Waals surface area contributed by atoms with Crippen molar-refractivity contribution in [2.75, 3.05) is 20.2 Å². The molecule has 4 nitrogen and oxygen atoms in total. The minimum absolute atomic E-state index is 0.0207. The molecule has 2 rings (SSSR count). The average Bonchev–Trinajstić information content (AvgIpc) is 2.61. The van der Waals surface area contributed by atoms with E-state index in [1.165, 1.54) is 0 Å². The number of hydrogen-bond acceptors (Lipinski definition) is 3. The average molecular weight is 381 g/mol. The molecular formula is C19H22Cl2N2O2. The molecular weight excluding hydrogens is 359 g/mol. The molecule has 0 heterocycles. The van der Waals surface area contributed by atoms with E-state index in [1.54, 1.807) is 19.2 Å². The molecule has 0 aliphatic rings. The zero-order chi connectivity index (χ0) is 18.1. The molecule has 2 aromatic rings. The number of ether oxygens (including phenoxy) is 1. The SMILES string of the molecule is COc1ccc(CNCCC(=O)NCCc2ccc(Cl)cc2Cl)cc1. The van der Waals surface area contributed by atoms with E-state index < -0.39 is 0 Å². The van der Waals surface area contributed by atoms with E-state index in [2.05, 4.69) is 10.6 Å². The standard InChI is InChI=1S/C19H22Cl2N2O2/c1-25-17-6-2-14(3-7-17)13-22-10-9-19(24)23-11-8-15-4-5-16(20)12-18(15)21/h2-7,12,22H,8-11,13H2,1H3,(H,23,24). The second kappa shape index (κ2) is 10.3. The van der Waals surface area contributed by atoms with Crippen LogP contribution in [0.1, 0.15) is 17.5 Å². The van der Waals surface area contributed by atoms with Crippen LogP contribution in [0.15, 0.2) is 42.5 Å². The summed E-state index contributed by atoms with van der Waals surface area (Å²) in [5.41, 5.74) is 2.13. The van der Waals surface area contributed by atoms with Crippen molar-refractivity contribution in [3.8, 4) is 5.75 Å². The summed E-state index contributed by atoms with van der Waals surface area (Å²) in [4.78, 5) is 11.8. The lowest BCUT2D eigenvalue weighted by molar-refractivity contribution is -0.120. The highest BCUT2D eigenvalue weighted by Crippen LogP contribution is 2.21. The summed E-state index contributed by atoms with van der Waals surface area (Å²) in [6, 6.07) is 13.2. The van der Waals surface area contributed by atoms with E-state index >= 15 is 0 Å². The maximum Gasteiger partial charge on any atom is 0.221 e. The maximum atomic E-state index is 11.8. The van der Waals surface area contributed by atoms with E-state index in [9.17, 15) is 4.79 Å². The zero-order valence-corrected chi connectivity index (χ0v) is 15.7. The van der Waals surface area contributed by atoms with Crippen LogP contribution in [0.3, 0.4) is 0 Å². The van der Waals surface area contributed by atoms with Gasteiger partial charge in [0.15, 0.2) is 0 Å². The monoisotopic (exact) mass is 380 g/mol. The van der Waals surface area contributed by atoms with Crippen LogP contribution in [0.25, 0.3) is 0 Å². The van der Waals surface area contributed by atoms with Gasteiger partial charge in [-0.3, -0.25) is 4.79 Å².